The third-order valence-corrected chi connectivity index (χ3v) is 3.14. The first-order valence-corrected chi connectivity index (χ1v) is 5.34. The summed E-state index contributed by atoms with van der Waals surface area (Å²) in [7, 11) is 0. The molecule has 2 N–H and O–H groups in total. The Bertz CT molecular complexity index is 148. The monoisotopic (exact) mass is 182 g/mol. The van der Waals surface area contributed by atoms with Gasteiger partial charge in [-0.25, -0.2) is 0 Å². The third-order valence-electron chi connectivity index (χ3n) is 3.14. The van der Waals surface area contributed by atoms with Gasteiger partial charge in [-0.2, -0.15) is 0 Å². The van der Waals surface area contributed by atoms with E-state index in [-0.39, 0.29) is 0 Å². The average molecular weight is 182 g/mol. The van der Waals surface area contributed by atoms with Gasteiger partial charge >= 0.3 is 0 Å². The fourth-order valence-electron chi connectivity index (χ4n) is 2.03. The lowest BCUT2D eigenvalue weighted by Gasteiger charge is -2.34. The summed E-state index contributed by atoms with van der Waals surface area (Å²) in [5.74, 6) is 0.873. The summed E-state index contributed by atoms with van der Waals surface area (Å²) < 4.78 is 0. The van der Waals surface area contributed by atoms with E-state index in [1.54, 1.807) is 0 Å². The van der Waals surface area contributed by atoms with E-state index >= 15 is 0 Å². The molecule has 0 aromatic carbocycles. The number of likely N-dealkylation sites (tertiary alicyclic amines) is 1. The molecule has 2 nitrogen and oxygen atoms in total. The molecular weight excluding hydrogens is 160 g/mol. The normalized spacial score (nSPS) is 22.9. The number of piperidine rings is 1. The highest BCUT2D eigenvalue weighted by Crippen LogP contribution is 2.21. The molecule has 1 aliphatic heterocycles. The lowest BCUT2D eigenvalue weighted by atomic mass is 9.93. The first kappa shape index (κ1) is 10.7. The molecule has 1 saturated heterocycles. The highest BCUT2D eigenvalue weighted by Gasteiger charge is 2.20. The number of hydrogen-bond donors (Lipinski definition) is 1. The van der Waals surface area contributed by atoms with Gasteiger partial charge in [0.1, 0.15) is 0 Å². The van der Waals surface area contributed by atoms with E-state index in [2.05, 4.69) is 18.4 Å². The van der Waals surface area contributed by atoms with Crippen molar-refractivity contribution in [1.82, 2.24) is 4.90 Å². The largest absolute Gasteiger partial charge is 0.330 e. The number of rotatable bonds is 4. The highest BCUT2D eigenvalue weighted by molar-refractivity contribution is 4.86. The molecule has 0 aliphatic carbocycles. The van der Waals surface area contributed by atoms with Crippen LogP contribution >= 0.6 is 0 Å². The number of nitrogens with two attached hydrogens (primary N) is 1. The van der Waals surface area contributed by atoms with Gasteiger partial charge in [0.25, 0.3) is 0 Å². The van der Waals surface area contributed by atoms with Crippen molar-refractivity contribution >= 4 is 0 Å². The molecule has 1 heterocycles. The standard InChI is InChI=1S/C11H22N2/c1-3-10(2)13-8-5-11(4-7-12)6-9-13/h3,10-11H,1,4-9,12H2,2H3. The molecule has 1 aliphatic rings. The molecule has 0 aromatic heterocycles. The van der Waals surface area contributed by atoms with Crippen molar-refractivity contribution in [2.24, 2.45) is 11.7 Å². The second-order valence-electron chi connectivity index (χ2n) is 4.03. The van der Waals surface area contributed by atoms with Gasteiger partial charge in [-0.15, -0.1) is 6.58 Å². The Morgan fingerprint density at radius 1 is 1.54 bits per heavy atom. The maximum Gasteiger partial charge on any atom is 0.0247 e. The molecule has 1 unspecified atom stereocenters. The lowest BCUT2D eigenvalue weighted by Crippen LogP contribution is -2.39. The van der Waals surface area contributed by atoms with Crippen LogP contribution in [0.25, 0.3) is 0 Å². The molecule has 0 amide bonds. The van der Waals surface area contributed by atoms with Gasteiger partial charge in [-0.05, 0) is 51.7 Å². The fraction of sp³-hybridized carbons (Fsp3) is 0.818. The van der Waals surface area contributed by atoms with E-state index in [1.165, 1.54) is 32.4 Å². The van der Waals surface area contributed by atoms with Crippen molar-refractivity contribution in [2.75, 3.05) is 19.6 Å². The van der Waals surface area contributed by atoms with Crippen LogP contribution in [-0.4, -0.2) is 30.6 Å². The van der Waals surface area contributed by atoms with Gasteiger partial charge in [0, 0.05) is 6.04 Å². The van der Waals surface area contributed by atoms with Crippen molar-refractivity contribution < 1.29 is 0 Å². The summed E-state index contributed by atoms with van der Waals surface area (Å²) in [5, 5.41) is 0. The molecular formula is C11H22N2. The summed E-state index contributed by atoms with van der Waals surface area (Å²) in [4.78, 5) is 2.50. The maximum absolute atomic E-state index is 5.55. The third kappa shape index (κ3) is 3.12. The Balaban J connectivity index is 2.26. The van der Waals surface area contributed by atoms with Gasteiger partial charge in [0.05, 0.1) is 0 Å². The second-order valence-corrected chi connectivity index (χ2v) is 4.03. The topological polar surface area (TPSA) is 29.3 Å². The van der Waals surface area contributed by atoms with Crippen molar-refractivity contribution in [2.45, 2.75) is 32.2 Å². The quantitative estimate of drug-likeness (QED) is 0.669. The van der Waals surface area contributed by atoms with E-state index in [0.717, 1.165) is 12.5 Å². The minimum Gasteiger partial charge on any atom is -0.330 e. The molecule has 0 radical (unpaired) electrons. The van der Waals surface area contributed by atoms with Crippen molar-refractivity contribution in [3.8, 4) is 0 Å². The van der Waals surface area contributed by atoms with Crippen LogP contribution in [0.1, 0.15) is 26.2 Å². The van der Waals surface area contributed by atoms with Crippen LogP contribution in [-0.2, 0) is 0 Å². The smallest absolute Gasteiger partial charge is 0.0247 e. The molecule has 0 aromatic rings. The second kappa shape index (κ2) is 5.40. The molecule has 0 bridgehead atoms. The molecule has 2 heteroatoms. The molecule has 1 rings (SSSR count). The van der Waals surface area contributed by atoms with E-state index in [0.29, 0.717) is 6.04 Å². The van der Waals surface area contributed by atoms with Crippen molar-refractivity contribution in [3.63, 3.8) is 0 Å². The van der Waals surface area contributed by atoms with Crippen LogP contribution in [0.5, 0.6) is 0 Å². The molecule has 76 valence electrons. The van der Waals surface area contributed by atoms with Crippen molar-refractivity contribution in [3.05, 3.63) is 12.7 Å². The Morgan fingerprint density at radius 2 is 2.15 bits per heavy atom. The summed E-state index contributed by atoms with van der Waals surface area (Å²) >= 11 is 0. The zero-order valence-corrected chi connectivity index (χ0v) is 8.71. The molecule has 1 fully saturated rings. The van der Waals surface area contributed by atoms with E-state index in [4.69, 9.17) is 5.73 Å². The van der Waals surface area contributed by atoms with Crippen molar-refractivity contribution in [1.29, 1.82) is 0 Å². The Hall–Kier alpha value is -0.340. The van der Waals surface area contributed by atoms with Crippen LogP contribution in [0.3, 0.4) is 0 Å². The highest BCUT2D eigenvalue weighted by atomic mass is 15.1. The van der Waals surface area contributed by atoms with E-state index in [9.17, 15) is 0 Å². The first-order valence-electron chi connectivity index (χ1n) is 5.34. The predicted molar refractivity (Wildman–Crippen MR) is 57.6 cm³/mol. The first-order chi connectivity index (χ1) is 6.27. The summed E-state index contributed by atoms with van der Waals surface area (Å²) in [6, 6.07) is 0.541. The van der Waals surface area contributed by atoms with Gasteiger partial charge in [-0.3, -0.25) is 4.90 Å². The van der Waals surface area contributed by atoms with Crippen LogP contribution in [0.4, 0.5) is 0 Å². The summed E-state index contributed by atoms with van der Waals surface area (Å²) in [6.07, 6.45) is 5.87. The summed E-state index contributed by atoms with van der Waals surface area (Å²) in [6.45, 7) is 9.34. The SMILES string of the molecule is C=CC(C)N1CCC(CCN)CC1. The molecule has 13 heavy (non-hydrogen) atoms. The Labute approximate surface area is 81.8 Å². The Kier molecular flexibility index (Phi) is 4.46. The number of nitrogens with zero attached hydrogens (tertiary/aromatic N) is 1. The minimum absolute atomic E-state index is 0.541. The Morgan fingerprint density at radius 3 is 2.62 bits per heavy atom. The van der Waals surface area contributed by atoms with Crippen LogP contribution in [0.2, 0.25) is 0 Å². The lowest BCUT2D eigenvalue weighted by molar-refractivity contribution is 0.159. The van der Waals surface area contributed by atoms with Gasteiger partial charge in [-0.1, -0.05) is 6.08 Å². The van der Waals surface area contributed by atoms with Gasteiger partial charge < -0.3 is 5.73 Å². The maximum atomic E-state index is 5.55. The molecule has 0 saturated carbocycles. The zero-order chi connectivity index (χ0) is 9.68. The van der Waals surface area contributed by atoms with Crippen LogP contribution in [0.15, 0.2) is 12.7 Å². The summed E-state index contributed by atoms with van der Waals surface area (Å²) in [5.41, 5.74) is 5.55. The fourth-order valence-corrected chi connectivity index (χ4v) is 2.03. The van der Waals surface area contributed by atoms with Crippen LogP contribution < -0.4 is 5.73 Å². The number of hydrogen-bond acceptors (Lipinski definition) is 2. The van der Waals surface area contributed by atoms with E-state index in [1.807, 2.05) is 6.08 Å². The van der Waals surface area contributed by atoms with Gasteiger partial charge in [0.2, 0.25) is 0 Å². The predicted octanol–water partition coefficient (Wildman–Crippen LogP) is 1.62. The molecule has 0 spiro atoms. The molecule has 1 atom stereocenters. The van der Waals surface area contributed by atoms with Gasteiger partial charge in [0.15, 0.2) is 0 Å². The average Bonchev–Trinajstić information content (AvgIpc) is 2.18. The van der Waals surface area contributed by atoms with Crippen LogP contribution in [0, 0.1) is 5.92 Å². The van der Waals surface area contributed by atoms with E-state index < -0.39 is 0 Å². The minimum atomic E-state index is 0.541. The zero-order valence-electron chi connectivity index (χ0n) is 8.71.